The lowest BCUT2D eigenvalue weighted by Crippen LogP contribution is -2.07. The molecule has 1 heterocycles. The monoisotopic (exact) mass is 300 g/mol. The first-order chi connectivity index (χ1) is 10.1. The van der Waals surface area contributed by atoms with Gasteiger partial charge in [0.2, 0.25) is 0 Å². The highest BCUT2D eigenvalue weighted by Gasteiger charge is 2.16. The van der Waals surface area contributed by atoms with Gasteiger partial charge in [0.05, 0.1) is 0 Å². The highest BCUT2D eigenvalue weighted by atomic mass is 35.5. The molecule has 2 nitrogen and oxygen atoms in total. The van der Waals surface area contributed by atoms with Crippen molar-refractivity contribution in [1.82, 2.24) is 4.98 Å². The lowest BCUT2D eigenvalue weighted by molar-refractivity contribution is 0.628. The second-order valence-corrected chi connectivity index (χ2v) is 5.45. The van der Waals surface area contributed by atoms with Gasteiger partial charge in [-0.2, -0.15) is 0 Å². The van der Waals surface area contributed by atoms with Crippen LogP contribution in [0.2, 0.25) is 5.02 Å². The number of hydrogen-bond acceptors (Lipinski definition) is 2. The summed E-state index contributed by atoms with van der Waals surface area (Å²) in [5.74, 6) is -0.282. The molecule has 0 amide bonds. The molecule has 1 aromatic heterocycles. The Balaban J connectivity index is 2.43. The largest absolute Gasteiger partial charge is 0.324 e. The molecule has 2 N–H and O–H groups in total. The van der Waals surface area contributed by atoms with Gasteiger partial charge in [0.25, 0.3) is 0 Å². The van der Waals surface area contributed by atoms with Gasteiger partial charge in [-0.05, 0) is 47.9 Å². The number of halogens is 2. The number of nitrogens with two attached hydrogens (primary N) is 1. The Bertz CT molecular complexity index is 815. The predicted molar refractivity (Wildman–Crippen MR) is 84.7 cm³/mol. The number of benzene rings is 2. The van der Waals surface area contributed by atoms with Crippen molar-refractivity contribution in [3.63, 3.8) is 0 Å². The van der Waals surface area contributed by atoms with Crippen molar-refractivity contribution < 1.29 is 4.39 Å². The van der Waals surface area contributed by atoms with E-state index in [1.165, 1.54) is 12.1 Å². The van der Waals surface area contributed by atoms with Crippen LogP contribution in [0.15, 0.2) is 48.8 Å². The maximum atomic E-state index is 13.6. The molecular weight excluding hydrogens is 287 g/mol. The molecule has 0 saturated carbocycles. The van der Waals surface area contributed by atoms with Crippen LogP contribution in [-0.4, -0.2) is 4.98 Å². The molecule has 0 aliphatic heterocycles. The fourth-order valence-electron chi connectivity index (χ4n) is 2.57. The van der Waals surface area contributed by atoms with E-state index in [-0.39, 0.29) is 11.9 Å². The number of fused-ring (bicyclic) bond motifs is 1. The number of aromatic nitrogens is 1. The number of hydrogen-bond donors (Lipinski definition) is 1. The van der Waals surface area contributed by atoms with Crippen molar-refractivity contribution in [2.75, 3.05) is 0 Å². The van der Waals surface area contributed by atoms with E-state index in [4.69, 9.17) is 17.3 Å². The van der Waals surface area contributed by atoms with Gasteiger partial charge in [0, 0.05) is 34.2 Å². The van der Waals surface area contributed by atoms with Crippen LogP contribution in [0.25, 0.3) is 21.9 Å². The van der Waals surface area contributed by atoms with Crippen LogP contribution in [0, 0.1) is 5.82 Å². The van der Waals surface area contributed by atoms with E-state index >= 15 is 0 Å². The topological polar surface area (TPSA) is 38.9 Å². The molecule has 2 aromatic carbocycles. The van der Waals surface area contributed by atoms with Gasteiger partial charge in [-0.25, -0.2) is 4.39 Å². The van der Waals surface area contributed by atoms with Gasteiger partial charge in [-0.1, -0.05) is 23.7 Å². The average molecular weight is 301 g/mol. The molecule has 106 valence electrons. The van der Waals surface area contributed by atoms with Crippen molar-refractivity contribution in [2.24, 2.45) is 5.73 Å². The molecule has 0 aliphatic carbocycles. The summed E-state index contributed by atoms with van der Waals surface area (Å²) in [6, 6.07) is 9.97. The second kappa shape index (κ2) is 5.43. The van der Waals surface area contributed by atoms with Crippen LogP contribution in [-0.2, 0) is 0 Å². The first kappa shape index (κ1) is 14.0. The molecule has 1 unspecified atom stereocenters. The van der Waals surface area contributed by atoms with Gasteiger partial charge in [-0.3, -0.25) is 4.98 Å². The van der Waals surface area contributed by atoms with Crippen LogP contribution in [0.4, 0.5) is 4.39 Å². The van der Waals surface area contributed by atoms with Crippen LogP contribution >= 0.6 is 11.6 Å². The summed E-state index contributed by atoms with van der Waals surface area (Å²) in [6.07, 6.45) is 3.43. The summed E-state index contributed by atoms with van der Waals surface area (Å²) >= 11 is 6.34. The summed E-state index contributed by atoms with van der Waals surface area (Å²) in [5, 5.41) is 2.39. The molecule has 0 bridgehead atoms. The van der Waals surface area contributed by atoms with E-state index in [0.717, 1.165) is 27.5 Å². The molecule has 1 atom stereocenters. The zero-order chi connectivity index (χ0) is 15.0. The minimum Gasteiger partial charge on any atom is -0.324 e. The SMILES string of the molecule is CC(N)c1cc(Cl)c2ccncc2c1-c1cccc(F)c1. The van der Waals surface area contributed by atoms with Gasteiger partial charge >= 0.3 is 0 Å². The smallest absolute Gasteiger partial charge is 0.123 e. The molecule has 0 spiro atoms. The van der Waals surface area contributed by atoms with E-state index in [1.54, 1.807) is 18.5 Å². The Morgan fingerprint density at radius 1 is 1.19 bits per heavy atom. The highest BCUT2D eigenvalue weighted by Crippen LogP contribution is 2.38. The van der Waals surface area contributed by atoms with Crippen molar-refractivity contribution in [3.05, 3.63) is 65.2 Å². The van der Waals surface area contributed by atoms with Crippen LogP contribution < -0.4 is 5.73 Å². The molecule has 3 rings (SSSR count). The van der Waals surface area contributed by atoms with E-state index < -0.39 is 0 Å². The summed E-state index contributed by atoms with van der Waals surface area (Å²) in [6.45, 7) is 1.89. The van der Waals surface area contributed by atoms with Crippen molar-refractivity contribution in [1.29, 1.82) is 0 Å². The first-order valence-electron chi connectivity index (χ1n) is 6.65. The molecule has 4 heteroatoms. The lowest BCUT2D eigenvalue weighted by atomic mass is 9.91. The average Bonchev–Trinajstić information content (AvgIpc) is 2.47. The predicted octanol–water partition coefficient (Wildman–Crippen LogP) is 4.71. The number of rotatable bonds is 2. The highest BCUT2D eigenvalue weighted by molar-refractivity contribution is 6.36. The Kier molecular flexibility index (Phi) is 3.62. The molecule has 3 aromatic rings. The maximum absolute atomic E-state index is 13.6. The minimum absolute atomic E-state index is 0.217. The zero-order valence-electron chi connectivity index (χ0n) is 11.5. The fourth-order valence-corrected chi connectivity index (χ4v) is 2.85. The summed E-state index contributed by atoms with van der Waals surface area (Å²) < 4.78 is 13.6. The molecule has 0 radical (unpaired) electrons. The normalized spacial score (nSPS) is 12.6. The minimum atomic E-state index is -0.282. The second-order valence-electron chi connectivity index (χ2n) is 5.04. The van der Waals surface area contributed by atoms with E-state index in [9.17, 15) is 4.39 Å². The first-order valence-corrected chi connectivity index (χ1v) is 7.03. The molecular formula is C17H14ClFN2. The van der Waals surface area contributed by atoms with Crippen LogP contribution in [0.3, 0.4) is 0 Å². The van der Waals surface area contributed by atoms with Crippen molar-refractivity contribution in [2.45, 2.75) is 13.0 Å². The maximum Gasteiger partial charge on any atom is 0.123 e. The summed E-state index contributed by atoms with van der Waals surface area (Å²) in [7, 11) is 0. The third-order valence-electron chi connectivity index (χ3n) is 3.52. The molecule has 0 saturated heterocycles. The lowest BCUT2D eigenvalue weighted by Gasteiger charge is -2.17. The Hall–Kier alpha value is -1.97. The van der Waals surface area contributed by atoms with Crippen LogP contribution in [0.1, 0.15) is 18.5 Å². The third kappa shape index (κ3) is 2.50. The van der Waals surface area contributed by atoms with Crippen LogP contribution in [0.5, 0.6) is 0 Å². The summed E-state index contributed by atoms with van der Waals surface area (Å²) in [4.78, 5) is 4.17. The molecule has 0 fully saturated rings. The number of pyridine rings is 1. The van der Waals surface area contributed by atoms with Gasteiger partial charge in [0.15, 0.2) is 0 Å². The fraction of sp³-hybridized carbons (Fsp3) is 0.118. The number of nitrogens with zero attached hydrogens (tertiary/aromatic N) is 1. The summed E-state index contributed by atoms with van der Waals surface area (Å²) in [5.41, 5.74) is 8.62. The Morgan fingerprint density at radius 3 is 2.71 bits per heavy atom. The standard InChI is InChI=1S/C17H14ClFN2/c1-10(20)14-8-16(18)13-5-6-21-9-15(13)17(14)11-3-2-4-12(19)7-11/h2-10H,20H2,1H3. The van der Waals surface area contributed by atoms with Gasteiger partial charge < -0.3 is 5.73 Å². The van der Waals surface area contributed by atoms with Gasteiger partial charge in [0.1, 0.15) is 5.82 Å². The quantitative estimate of drug-likeness (QED) is 0.744. The van der Waals surface area contributed by atoms with E-state index in [1.807, 2.05) is 25.1 Å². The van der Waals surface area contributed by atoms with Crippen molar-refractivity contribution in [3.8, 4) is 11.1 Å². The molecule has 0 aliphatic rings. The van der Waals surface area contributed by atoms with E-state index in [2.05, 4.69) is 4.98 Å². The zero-order valence-corrected chi connectivity index (χ0v) is 12.2. The van der Waals surface area contributed by atoms with E-state index in [0.29, 0.717) is 5.02 Å². The van der Waals surface area contributed by atoms with Crippen molar-refractivity contribution >= 4 is 22.4 Å². The molecule has 21 heavy (non-hydrogen) atoms. The Labute approximate surface area is 127 Å². The third-order valence-corrected chi connectivity index (χ3v) is 3.84. The Morgan fingerprint density at radius 2 is 2.00 bits per heavy atom. The van der Waals surface area contributed by atoms with Gasteiger partial charge in [-0.15, -0.1) is 0 Å².